The van der Waals surface area contributed by atoms with E-state index in [0.29, 0.717) is 0 Å². The van der Waals surface area contributed by atoms with Crippen LogP contribution in [0.2, 0.25) is 0 Å². The number of nitrogens with zero attached hydrogens (tertiary/aromatic N) is 1. The summed E-state index contributed by atoms with van der Waals surface area (Å²) in [6.07, 6.45) is 9.66. The summed E-state index contributed by atoms with van der Waals surface area (Å²) in [5.41, 5.74) is 1.67. The Labute approximate surface area is 130 Å². The van der Waals surface area contributed by atoms with Crippen molar-refractivity contribution in [3.8, 4) is 11.3 Å². The predicted molar refractivity (Wildman–Crippen MR) is 84.6 cm³/mol. The maximum Gasteiger partial charge on any atom is 0.214 e. The van der Waals surface area contributed by atoms with Crippen molar-refractivity contribution in [2.24, 2.45) is 0 Å². The molecule has 1 aliphatic carbocycles. The summed E-state index contributed by atoms with van der Waals surface area (Å²) in [6.45, 7) is 0.264. The van der Waals surface area contributed by atoms with Crippen LogP contribution < -0.4 is 4.72 Å². The molecule has 0 aromatic carbocycles. The third-order valence-electron chi connectivity index (χ3n) is 4.07. The number of furan rings is 1. The number of hydrogen-bond acceptors (Lipinski definition) is 4. The lowest BCUT2D eigenvalue weighted by molar-refractivity contribution is 0.477. The van der Waals surface area contributed by atoms with Crippen LogP contribution in [-0.4, -0.2) is 18.7 Å². The number of aromatic nitrogens is 1. The van der Waals surface area contributed by atoms with Crippen LogP contribution in [0.5, 0.6) is 0 Å². The van der Waals surface area contributed by atoms with Crippen molar-refractivity contribution in [1.82, 2.24) is 9.71 Å². The van der Waals surface area contributed by atoms with Crippen LogP contribution in [-0.2, 0) is 16.6 Å². The summed E-state index contributed by atoms with van der Waals surface area (Å²) in [5, 5.41) is -0.248. The lowest BCUT2D eigenvalue weighted by Gasteiger charge is -2.22. The molecule has 2 aromatic heterocycles. The Morgan fingerprint density at radius 1 is 1.23 bits per heavy atom. The first-order chi connectivity index (χ1) is 10.6. The lowest BCUT2D eigenvalue weighted by Crippen LogP contribution is -2.35. The van der Waals surface area contributed by atoms with Crippen LogP contribution in [0.4, 0.5) is 0 Å². The molecule has 22 heavy (non-hydrogen) atoms. The molecule has 0 aliphatic heterocycles. The molecular formula is C16H20N2O3S. The van der Waals surface area contributed by atoms with E-state index in [2.05, 4.69) is 9.71 Å². The van der Waals surface area contributed by atoms with Crippen LogP contribution in [0, 0.1) is 0 Å². The van der Waals surface area contributed by atoms with Crippen LogP contribution in [0.3, 0.4) is 0 Å². The lowest BCUT2D eigenvalue weighted by atomic mass is 10.0. The van der Waals surface area contributed by atoms with E-state index in [9.17, 15) is 8.42 Å². The molecule has 0 unspecified atom stereocenters. The van der Waals surface area contributed by atoms with Gasteiger partial charge in [-0.25, -0.2) is 13.1 Å². The van der Waals surface area contributed by atoms with E-state index < -0.39 is 10.0 Å². The SMILES string of the molecule is O=S(=O)(NCc1cncc(-c2ccco2)c1)C1CCCCC1. The fourth-order valence-electron chi connectivity index (χ4n) is 2.84. The fraction of sp³-hybridized carbons (Fsp3) is 0.438. The van der Waals surface area contributed by atoms with Crippen molar-refractivity contribution in [1.29, 1.82) is 0 Å². The highest BCUT2D eigenvalue weighted by Crippen LogP contribution is 2.23. The molecular weight excluding hydrogens is 300 g/mol. The van der Waals surface area contributed by atoms with Gasteiger partial charge in [0.05, 0.1) is 11.5 Å². The second kappa shape index (κ2) is 6.62. The van der Waals surface area contributed by atoms with Gasteiger partial charge in [0.25, 0.3) is 0 Å². The molecule has 1 aliphatic rings. The third kappa shape index (κ3) is 3.56. The molecule has 6 heteroatoms. The monoisotopic (exact) mass is 320 g/mol. The van der Waals surface area contributed by atoms with Crippen LogP contribution in [0.15, 0.2) is 41.3 Å². The van der Waals surface area contributed by atoms with E-state index in [-0.39, 0.29) is 11.8 Å². The Bertz CT molecular complexity index is 705. The summed E-state index contributed by atoms with van der Waals surface area (Å²) in [4.78, 5) is 4.16. The van der Waals surface area contributed by atoms with E-state index >= 15 is 0 Å². The van der Waals surface area contributed by atoms with Gasteiger partial charge < -0.3 is 4.42 Å². The van der Waals surface area contributed by atoms with Gasteiger partial charge in [-0.1, -0.05) is 19.3 Å². The molecule has 2 heterocycles. The van der Waals surface area contributed by atoms with E-state index in [4.69, 9.17) is 4.42 Å². The summed E-state index contributed by atoms with van der Waals surface area (Å²) in [7, 11) is -3.25. The first-order valence-electron chi connectivity index (χ1n) is 7.61. The minimum absolute atomic E-state index is 0.248. The van der Waals surface area contributed by atoms with Crippen molar-refractivity contribution in [3.63, 3.8) is 0 Å². The van der Waals surface area contributed by atoms with Gasteiger partial charge in [-0.15, -0.1) is 0 Å². The van der Waals surface area contributed by atoms with Crippen LogP contribution >= 0.6 is 0 Å². The van der Waals surface area contributed by atoms with Gasteiger partial charge in [-0.05, 0) is 36.6 Å². The number of hydrogen-bond donors (Lipinski definition) is 1. The minimum atomic E-state index is -3.25. The van der Waals surface area contributed by atoms with Gasteiger partial charge in [0.2, 0.25) is 10.0 Å². The zero-order valence-corrected chi connectivity index (χ0v) is 13.2. The number of nitrogens with one attached hydrogen (secondary N) is 1. The molecule has 0 bridgehead atoms. The topological polar surface area (TPSA) is 72.2 Å². The average Bonchev–Trinajstić information content (AvgIpc) is 3.09. The van der Waals surface area contributed by atoms with Crippen molar-refractivity contribution in [2.75, 3.05) is 0 Å². The molecule has 1 saturated carbocycles. The highest BCUT2D eigenvalue weighted by Gasteiger charge is 2.26. The van der Waals surface area contributed by atoms with Gasteiger partial charge >= 0.3 is 0 Å². The van der Waals surface area contributed by atoms with Crippen molar-refractivity contribution in [2.45, 2.75) is 43.9 Å². The molecule has 0 radical (unpaired) electrons. The zero-order chi connectivity index (χ0) is 15.4. The first kappa shape index (κ1) is 15.2. The van der Waals surface area contributed by atoms with Crippen molar-refractivity contribution >= 4 is 10.0 Å². The highest BCUT2D eigenvalue weighted by molar-refractivity contribution is 7.90. The average molecular weight is 320 g/mol. The molecule has 0 atom stereocenters. The molecule has 1 fully saturated rings. The molecule has 0 amide bonds. The Balaban J connectivity index is 1.67. The maximum absolute atomic E-state index is 12.3. The maximum atomic E-state index is 12.3. The van der Waals surface area contributed by atoms with E-state index in [1.165, 1.54) is 0 Å². The van der Waals surface area contributed by atoms with Crippen LogP contribution in [0.1, 0.15) is 37.7 Å². The molecule has 5 nitrogen and oxygen atoms in total. The normalized spacial score (nSPS) is 16.7. The molecule has 0 spiro atoms. The molecule has 0 saturated heterocycles. The fourth-order valence-corrected chi connectivity index (χ4v) is 4.40. The highest BCUT2D eigenvalue weighted by atomic mass is 32.2. The smallest absolute Gasteiger partial charge is 0.214 e. The predicted octanol–water partition coefficient (Wildman–Crippen LogP) is 3.09. The molecule has 1 N–H and O–H groups in total. The Morgan fingerprint density at radius 2 is 2.05 bits per heavy atom. The van der Waals surface area contributed by atoms with Gasteiger partial charge in [0.1, 0.15) is 5.76 Å². The summed E-state index contributed by atoms with van der Waals surface area (Å²) < 4.78 is 32.7. The second-order valence-electron chi connectivity index (χ2n) is 5.69. The minimum Gasteiger partial charge on any atom is -0.464 e. The number of pyridine rings is 1. The largest absolute Gasteiger partial charge is 0.464 e. The first-order valence-corrected chi connectivity index (χ1v) is 9.16. The van der Waals surface area contributed by atoms with Crippen molar-refractivity contribution < 1.29 is 12.8 Å². The van der Waals surface area contributed by atoms with Crippen molar-refractivity contribution in [3.05, 3.63) is 42.4 Å². The number of sulfonamides is 1. The second-order valence-corrected chi connectivity index (χ2v) is 7.73. The Kier molecular flexibility index (Phi) is 4.59. The third-order valence-corrected chi connectivity index (χ3v) is 5.96. The van der Waals surface area contributed by atoms with Crippen LogP contribution in [0.25, 0.3) is 11.3 Å². The summed E-state index contributed by atoms with van der Waals surface area (Å²) in [5.74, 6) is 0.726. The zero-order valence-electron chi connectivity index (χ0n) is 12.4. The van der Waals surface area contributed by atoms with E-state index in [0.717, 1.165) is 49.0 Å². The Morgan fingerprint density at radius 3 is 2.77 bits per heavy atom. The van der Waals surface area contributed by atoms with Gasteiger partial charge in [0, 0.05) is 24.5 Å². The molecule has 3 rings (SSSR count). The van der Waals surface area contributed by atoms with E-state index in [1.807, 2.05) is 18.2 Å². The van der Waals surface area contributed by atoms with E-state index in [1.54, 1.807) is 18.7 Å². The standard InChI is InChI=1S/C16H20N2O3S/c19-22(20,15-5-2-1-3-6-15)18-11-13-9-14(12-17-10-13)16-7-4-8-21-16/h4,7-10,12,15,18H,1-3,5-6,11H2. The number of rotatable bonds is 5. The Hall–Kier alpha value is -1.66. The molecule has 118 valence electrons. The van der Waals surface area contributed by atoms with Gasteiger partial charge in [-0.2, -0.15) is 0 Å². The summed E-state index contributed by atoms with van der Waals surface area (Å²) >= 11 is 0. The van der Waals surface area contributed by atoms with Gasteiger partial charge in [0.15, 0.2) is 0 Å². The van der Waals surface area contributed by atoms with Gasteiger partial charge in [-0.3, -0.25) is 4.98 Å². The summed E-state index contributed by atoms with van der Waals surface area (Å²) in [6, 6.07) is 5.57. The molecule has 2 aromatic rings. The quantitative estimate of drug-likeness (QED) is 0.919.